The van der Waals surface area contributed by atoms with Crippen LogP contribution in [0.15, 0.2) is 24.0 Å². The number of halogens is 1. The molecule has 1 aromatic rings. The van der Waals surface area contributed by atoms with Crippen LogP contribution >= 0.6 is 0 Å². The number of aryl methyl sites for hydroxylation is 2. The van der Waals surface area contributed by atoms with Crippen molar-refractivity contribution in [2.75, 3.05) is 0 Å². The molecule has 1 aromatic carbocycles. The maximum Gasteiger partial charge on any atom is 0.101 e. The number of hydrogen-bond acceptors (Lipinski definition) is 0. The van der Waals surface area contributed by atoms with E-state index in [4.69, 9.17) is 0 Å². The monoisotopic (exact) mass is 288 g/mol. The first kappa shape index (κ1) is 16.3. The molecular formula is C20H29F. The van der Waals surface area contributed by atoms with Crippen molar-refractivity contribution in [1.82, 2.24) is 0 Å². The third kappa shape index (κ3) is 4.18. The van der Waals surface area contributed by atoms with Crippen molar-refractivity contribution < 1.29 is 4.39 Å². The molecule has 2 rings (SSSR count). The third-order valence-electron chi connectivity index (χ3n) is 4.78. The molecule has 1 saturated carbocycles. The molecule has 1 aliphatic carbocycles. The van der Waals surface area contributed by atoms with Crippen LogP contribution in [0.5, 0.6) is 0 Å². The van der Waals surface area contributed by atoms with Gasteiger partial charge in [0.25, 0.3) is 0 Å². The number of allylic oxidation sites excluding steroid dienone is 2. The molecule has 1 fully saturated rings. The molecule has 0 amide bonds. The lowest BCUT2D eigenvalue weighted by molar-refractivity contribution is 0.423. The van der Waals surface area contributed by atoms with Crippen molar-refractivity contribution >= 4 is 5.57 Å². The molecule has 0 spiro atoms. The minimum Gasteiger partial charge on any atom is -0.212 e. The summed E-state index contributed by atoms with van der Waals surface area (Å²) in [5, 5.41) is 0. The summed E-state index contributed by atoms with van der Waals surface area (Å²) in [6.07, 6.45) is 9.67. The van der Waals surface area contributed by atoms with Crippen LogP contribution < -0.4 is 0 Å². The predicted octanol–water partition coefficient (Wildman–Crippen LogP) is 6.62. The van der Waals surface area contributed by atoms with E-state index in [2.05, 4.69) is 32.0 Å². The van der Waals surface area contributed by atoms with Gasteiger partial charge in [0.2, 0.25) is 0 Å². The van der Waals surface area contributed by atoms with Crippen molar-refractivity contribution in [3.05, 3.63) is 40.7 Å². The van der Waals surface area contributed by atoms with Gasteiger partial charge in [-0.25, -0.2) is 4.39 Å². The minimum absolute atomic E-state index is 0.0197. The lowest BCUT2D eigenvalue weighted by Gasteiger charge is -2.26. The lowest BCUT2D eigenvalue weighted by atomic mass is 9.79. The summed E-state index contributed by atoms with van der Waals surface area (Å²) < 4.78 is 14.2. The standard InChI is InChI=1S/C20H29F/c1-4-5-9-17-12-13-19(15(2)14-17)20(16(3)21)18-10-7-6-8-11-18/h12-14,18H,4-11H2,1-3H3/b20-16+. The average molecular weight is 288 g/mol. The van der Waals surface area contributed by atoms with Crippen LogP contribution in [0.25, 0.3) is 5.57 Å². The molecule has 0 nitrogen and oxygen atoms in total. The molecule has 0 saturated heterocycles. The van der Waals surface area contributed by atoms with Crippen LogP contribution in [-0.2, 0) is 6.42 Å². The number of rotatable bonds is 5. The summed E-state index contributed by atoms with van der Waals surface area (Å²) in [4.78, 5) is 0. The van der Waals surface area contributed by atoms with Gasteiger partial charge in [0, 0.05) is 0 Å². The molecule has 0 N–H and O–H groups in total. The van der Waals surface area contributed by atoms with Gasteiger partial charge in [0.05, 0.1) is 0 Å². The number of unbranched alkanes of at least 4 members (excludes halogenated alkanes) is 1. The summed E-state index contributed by atoms with van der Waals surface area (Å²) in [6, 6.07) is 6.62. The van der Waals surface area contributed by atoms with E-state index >= 15 is 0 Å². The summed E-state index contributed by atoms with van der Waals surface area (Å²) in [6.45, 7) is 5.99. The second kappa shape index (κ2) is 7.77. The first-order valence-electron chi connectivity index (χ1n) is 8.59. The number of benzene rings is 1. The first-order valence-corrected chi connectivity index (χ1v) is 8.59. The zero-order valence-electron chi connectivity index (χ0n) is 13.8. The Hall–Kier alpha value is -1.11. The Balaban J connectivity index is 2.26. The van der Waals surface area contributed by atoms with E-state index in [1.54, 1.807) is 6.92 Å². The Bertz CT molecular complexity index is 489. The van der Waals surface area contributed by atoms with Crippen LogP contribution in [0.1, 0.15) is 75.5 Å². The summed E-state index contributed by atoms with van der Waals surface area (Å²) in [7, 11) is 0. The van der Waals surface area contributed by atoms with Crippen LogP contribution in [0.2, 0.25) is 0 Å². The zero-order chi connectivity index (χ0) is 15.2. The Morgan fingerprint density at radius 2 is 1.90 bits per heavy atom. The van der Waals surface area contributed by atoms with Gasteiger partial charge in [-0.1, -0.05) is 50.8 Å². The van der Waals surface area contributed by atoms with E-state index < -0.39 is 0 Å². The van der Waals surface area contributed by atoms with Crippen molar-refractivity contribution in [1.29, 1.82) is 0 Å². The van der Waals surface area contributed by atoms with Crippen LogP contribution in [0, 0.1) is 12.8 Å². The van der Waals surface area contributed by atoms with Crippen molar-refractivity contribution in [3.8, 4) is 0 Å². The Labute approximate surface area is 129 Å². The molecule has 1 aliphatic rings. The molecule has 0 atom stereocenters. The normalized spacial score (nSPS) is 17.7. The first-order chi connectivity index (χ1) is 10.1. The molecule has 0 radical (unpaired) electrons. The minimum atomic E-state index is 0.0197. The Kier molecular flexibility index (Phi) is 6.02. The molecule has 0 aliphatic heterocycles. The van der Waals surface area contributed by atoms with Crippen LogP contribution in [-0.4, -0.2) is 0 Å². The van der Waals surface area contributed by atoms with E-state index in [0.29, 0.717) is 5.92 Å². The highest BCUT2D eigenvalue weighted by molar-refractivity contribution is 5.71. The Morgan fingerprint density at radius 1 is 1.19 bits per heavy atom. The molecule has 1 heteroatoms. The van der Waals surface area contributed by atoms with Gasteiger partial charge in [0.15, 0.2) is 0 Å². The number of hydrogen-bond donors (Lipinski definition) is 0. The van der Waals surface area contributed by atoms with E-state index in [9.17, 15) is 4.39 Å². The van der Waals surface area contributed by atoms with Crippen molar-refractivity contribution in [2.45, 2.75) is 72.1 Å². The molecule has 116 valence electrons. The fourth-order valence-corrected chi connectivity index (χ4v) is 3.64. The van der Waals surface area contributed by atoms with E-state index in [1.807, 2.05) is 0 Å². The van der Waals surface area contributed by atoms with Gasteiger partial charge in [-0.2, -0.15) is 0 Å². The smallest absolute Gasteiger partial charge is 0.101 e. The predicted molar refractivity (Wildman–Crippen MR) is 90.1 cm³/mol. The quantitative estimate of drug-likeness (QED) is 0.571. The molecule has 0 heterocycles. The van der Waals surface area contributed by atoms with Crippen molar-refractivity contribution in [3.63, 3.8) is 0 Å². The molecule has 0 unspecified atom stereocenters. The van der Waals surface area contributed by atoms with Gasteiger partial charge in [0.1, 0.15) is 5.83 Å². The van der Waals surface area contributed by atoms with Crippen LogP contribution in [0.3, 0.4) is 0 Å². The van der Waals surface area contributed by atoms with E-state index in [-0.39, 0.29) is 5.83 Å². The summed E-state index contributed by atoms with van der Waals surface area (Å²) in [5.74, 6) is 0.440. The summed E-state index contributed by atoms with van der Waals surface area (Å²) >= 11 is 0. The maximum atomic E-state index is 14.2. The molecule has 0 aromatic heterocycles. The third-order valence-corrected chi connectivity index (χ3v) is 4.78. The van der Waals surface area contributed by atoms with Gasteiger partial charge in [-0.05, 0) is 67.7 Å². The zero-order valence-corrected chi connectivity index (χ0v) is 13.8. The SMILES string of the molecule is CCCCc1ccc(/C(=C(\C)F)C2CCCCC2)c(C)c1. The largest absolute Gasteiger partial charge is 0.212 e. The van der Waals surface area contributed by atoms with Gasteiger partial charge < -0.3 is 0 Å². The van der Waals surface area contributed by atoms with Gasteiger partial charge in [-0.15, -0.1) is 0 Å². The van der Waals surface area contributed by atoms with Gasteiger partial charge in [-0.3, -0.25) is 0 Å². The lowest BCUT2D eigenvalue weighted by Crippen LogP contribution is -2.10. The highest BCUT2D eigenvalue weighted by Gasteiger charge is 2.22. The summed E-state index contributed by atoms with van der Waals surface area (Å²) in [5.41, 5.74) is 4.75. The highest BCUT2D eigenvalue weighted by atomic mass is 19.1. The second-order valence-corrected chi connectivity index (χ2v) is 6.53. The molecule has 21 heavy (non-hydrogen) atoms. The molecule has 0 bridgehead atoms. The van der Waals surface area contributed by atoms with Crippen molar-refractivity contribution in [2.24, 2.45) is 5.92 Å². The van der Waals surface area contributed by atoms with Gasteiger partial charge >= 0.3 is 0 Å². The fraction of sp³-hybridized carbons (Fsp3) is 0.600. The topological polar surface area (TPSA) is 0 Å². The molecular weight excluding hydrogens is 259 g/mol. The van der Waals surface area contributed by atoms with Crippen LogP contribution in [0.4, 0.5) is 4.39 Å². The second-order valence-electron chi connectivity index (χ2n) is 6.53. The highest BCUT2D eigenvalue weighted by Crippen LogP contribution is 2.39. The fourth-order valence-electron chi connectivity index (χ4n) is 3.64. The maximum absolute atomic E-state index is 14.2. The Morgan fingerprint density at radius 3 is 2.48 bits per heavy atom. The average Bonchev–Trinajstić information content (AvgIpc) is 2.48. The van der Waals surface area contributed by atoms with E-state index in [1.165, 1.54) is 43.2 Å². The van der Waals surface area contributed by atoms with E-state index in [0.717, 1.165) is 30.4 Å².